The molecule has 19 heavy (non-hydrogen) atoms. The van der Waals surface area contributed by atoms with E-state index in [1.54, 1.807) is 0 Å². The van der Waals surface area contributed by atoms with E-state index in [-0.39, 0.29) is 11.4 Å². The van der Waals surface area contributed by atoms with E-state index < -0.39 is 0 Å². The Labute approximate surface area is 117 Å². The molecule has 108 valence electrons. The van der Waals surface area contributed by atoms with Gasteiger partial charge in [0, 0.05) is 11.6 Å². The zero-order valence-corrected chi connectivity index (χ0v) is 12.8. The zero-order chi connectivity index (χ0) is 14.5. The first-order valence-corrected chi connectivity index (χ1v) is 7.12. The highest BCUT2D eigenvalue weighted by atomic mass is 19.1. The van der Waals surface area contributed by atoms with Crippen LogP contribution in [0.25, 0.3) is 0 Å². The Morgan fingerprint density at radius 2 is 1.68 bits per heavy atom. The summed E-state index contributed by atoms with van der Waals surface area (Å²) in [5, 5.41) is 3.42. The molecule has 0 spiro atoms. The number of nitrogens with one attached hydrogen (secondary N) is 1. The summed E-state index contributed by atoms with van der Waals surface area (Å²) < 4.78 is 13.0. The molecule has 0 amide bonds. The maximum absolute atomic E-state index is 13.0. The second-order valence-electron chi connectivity index (χ2n) is 5.50. The molecule has 1 aromatic rings. The molecule has 3 heteroatoms. The van der Waals surface area contributed by atoms with E-state index in [2.05, 4.69) is 37.9 Å². The fourth-order valence-electron chi connectivity index (χ4n) is 2.82. The van der Waals surface area contributed by atoms with Gasteiger partial charge in [-0.25, -0.2) is 4.39 Å². The summed E-state index contributed by atoms with van der Waals surface area (Å²) in [5.41, 5.74) is 1.23. The molecule has 0 aliphatic heterocycles. The van der Waals surface area contributed by atoms with Gasteiger partial charge in [0.2, 0.25) is 0 Å². The van der Waals surface area contributed by atoms with E-state index in [0.29, 0.717) is 6.04 Å². The van der Waals surface area contributed by atoms with E-state index >= 15 is 0 Å². The molecule has 1 atom stereocenters. The van der Waals surface area contributed by atoms with Gasteiger partial charge in [0.1, 0.15) is 5.82 Å². The van der Waals surface area contributed by atoms with Crippen LogP contribution in [0.3, 0.4) is 0 Å². The van der Waals surface area contributed by atoms with Gasteiger partial charge in [0.05, 0.1) is 0 Å². The lowest BCUT2D eigenvalue weighted by Crippen LogP contribution is -2.57. The number of hydrogen-bond acceptors (Lipinski definition) is 2. The number of halogens is 1. The molecule has 0 saturated carbocycles. The summed E-state index contributed by atoms with van der Waals surface area (Å²) in [6.45, 7) is 11.0. The standard InChI is InChI=1S/C16H27FN2/c1-6-19(7-2)16(3,4)15(18-5)12-13-8-10-14(17)11-9-13/h8-11,15,18H,6-7,12H2,1-5H3. The van der Waals surface area contributed by atoms with Gasteiger partial charge >= 0.3 is 0 Å². The van der Waals surface area contributed by atoms with Crippen molar-refractivity contribution in [2.24, 2.45) is 0 Å². The van der Waals surface area contributed by atoms with Gasteiger partial charge in [0.25, 0.3) is 0 Å². The molecule has 0 fully saturated rings. The second kappa shape index (κ2) is 7.01. The lowest BCUT2D eigenvalue weighted by molar-refractivity contribution is 0.0943. The number of rotatable bonds is 7. The number of hydrogen-bond donors (Lipinski definition) is 1. The molecular weight excluding hydrogens is 239 g/mol. The van der Waals surface area contributed by atoms with Crippen LogP contribution in [0, 0.1) is 5.82 Å². The first-order valence-electron chi connectivity index (χ1n) is 7.12. The van der Waals surface area contributed by atoms with Crippen LogP contribution < -0.4 is 5.32 Å². The SMILES string of the molecule is CCN(CC)C(C)(C)C(Cc1ccc(F)cc1)NC. The van der Waals surface area contributed by atoms with Crippen LogP contribution in [0.2, 0.25) is 0 Å². The van der Waals surface area contributed by atoms with Crippen LogP contribution >= 0.6 is 0 Å². The Bertz CT molecular complexity index is 369. The highest BCUT2D eigenvalue weighted by Gasteiger charge is 2.32. The molecule has 0 bridgehead atoms. The predicted molar refractivity (Wildman–Crippen MR) is 80.0 cm³/mol. The fourth-order valence-corrected chi connectivity index (χ4v) is 2.82. The molecule has 0 aliphatic rings. The Balaban J connectivity index is 2.84. The molecule has 1 aromatic carbocycles. The smallest absolute Gasteiger partial charge is 0.123 e. The third-order valence-electron chi connectivity index (χ3n) is 4.13. The first kappa shape index (κ1) is 16.1. The van der Waals surface area contributed by atoms with Gasteiger partial charge in [-0.15, -0.1) is 0 Å². The van der Waals surface area contributed by atoms with Crippen LogP contribution in [0.1, 0.15) is 33.3 Å². The monoisotopic (exact) mass is 266 g/mol. The molecule has 0 aromatic heterocycles. The van der Waals surface area contributed by atoms with Crippen molar-refractivity contribution in [2.75, 3.05) is 20.1 Å². The predicted octanol–water partition coefficient (Wildman–Crippen LogP) is 3.08. The van der Waals surface area contributed by atoms with Crippen LogP contribution in [-0.4, -0.2) is 36.6 Å². The average Bonchev–Trinajstić information content (AvgIpc) is 2.38. The minimum Gasteiger partial charge on any atom is -0.315 e. The van der Waals surface area contributed by atoms with E-state index in [1.807, 2.05) is 19.2 Å². The third-order valence-corrected chi connectivity index (χ3v) is 4.13. The molecule has 1 N–H and O–H groups in total. The zero-order valence-electron chi connectivity index (χ0n) is 12.8. The van der Waals surface area contributed by atoms with Crippen molar-refractivity contribution in [1.29, 1.82) is 0 Å². The lowest BCUT2D eigenvalue weighted by atomic mass is 9.87. The Morgan fingerprint density at radius 3 is 2.11 bits per heavy atom. The van der Waals surface area contributed by atoms with E-state index in [9.17, 15) is 4.39 Å². The van der Waals surface area contributed by atoms with Crippen molar-refractivity contribution in [3.8, 4) is 0 Å². The van der Waals surface area contributed by atoms with Crippen molar-refractivity contribution in [1.82, 2.24) is 10.2 Å². The van der Waals surface area contributed by atoms with Crippen LogP contribution in [0.5, 0.6) is 0 Å². The van der Waals surface area contributed by atoms with Crippen LogP contribution in [0.4, 0.5) is 4.39 Å². The Morgan fingerprint density at radius 1 is 1.16 bits per heavy atom. The minimum absolute atomic E-state index is 0.0621. The Kier molecular flexibility index (Phi) is 5.95. The van der Waals surface area contributed by atoms with E-state index in [4.69, 9.17) is 0 Å². The van der Waals surface area contributed by atoms with Crippen molar-refractivity contribution in [2.45, 2.75) is 45.7 Å². The van der Waals surface area contributed by atoms with E-state index in [1.165, 1.54) is 17.7 Å². The van der Waals surface area contributed by atoms with Gasteiger partial charge in [-0.05, 0) is 58.1 Å². The third kappa shape index (κ3) is 4.02. The number of benzene rings is 1. The van der Waals surface area contributed by atoms with Gasteiger partial charge in [0.15, 0.2) is 0 Å². The topological polar surface area (TPSA) is 15.3 Å². The summed E-state index contributed by atoms with van der Waals surface area (Å²) >= 11 is 0. The number of likely N-dealkylation sites (N-methyl/N-ethyl adjacent to an activating group) is 2. The summed E-state index contributed by atoms with van der Waals surface area (Å²) in [5.74, 6) is -0.173. The van der Waals surface area contributed by atoms with Crippen LogP contribution in [-0.2, 0) is 6.42 Å². The number of nitrogens with zero attached hydrogens (tertiary/aromatic N) is 1. The van der Waals surface area contributed by atoms with Crippen LogP contribution in [0.15, 0.2) is 24.3 Å². The minimum atomic E-state index is -0.173. The fraction of sp³-hybridized carbons (Fsp3) is 0.625. The first-order chi connectivity index (χ1) is 8.95. The van der Waals surface area contributed by atoms with Gasteiger partial charge < -0.3 is 5.32 Å². The summed E-state index contributed by atoms with van der Waals surface area (Å²) in [6, 6.07) is 7.15. The van der Waals surface area contributed by atoms with Crippen molar-refractivity contribution < 1.29 is 4.39 Å². The van der Waals surface area contributed by atoms with Gasteiger partial charge in [-0.2, -0.15) is 0 Å². The molecule has 1 rings (SSSR count). The van der Waals surface area contributed by atoms with Crippen molar-refractivity contribution in [3.05, 3.63) is 35.6 Å². The summed E-state index contributed by atoms with van der Waals surface area (Å²) in [4.78, 5) is 2.46. The molecular formula is C16H27FN2. The molecule has 2 nitrogen and oxygen atoms in total. The second-order valence-corrected chi connectivity index (χ2v) is 5.50. The summed E-state index contributed by atoms with van der Waals surface area (Å²) in [6.07, 6.45) is 0.903. The molecule has 0 saturated heterocycles. The summed E-state index contributed by atoms with van der Waals surface area (Å²) in [7, 11) is 2.00. The Hall–Kier alpha value is -0.930. The van der Waals surface area contributed by atoms with Gasteiger partial charge in [-0.3, -0.25) is 4.90 Å². The normalized spacial score (nSPS) is 13.8. The molecule has 0 aliphatic carbocycles. The average molecular weight is 266 g/mol. The lowest BCUT2D eigenvalue weighted by Gasteiger charge is -2.43. The maximum atomic E-state index is 13.0. The molecule has 0 heterocycles. The highest BCUT2D eigenvalue weighted by Crippen LogP contribution is 2.22. The largest absolute Gasteiger partial charge is 0.315 e. The quantitative estimate of drug-likeness (QED) is 0.816. The van der Waals surface area contributed by atoms with Gasteiger partial charge in [-0.1, -0.05) is 26.0 Å². The van der Waals surface area contributed by atoms with E-state index in [0.717, 1.165) is 19.5 Å². The molecule has 1 unspecified atom stereocenters. The molecule has 0 radical (unpaired) electrons. The van der Waals surface area contributed by atoms with Crippen molar-refractivity contribution >= 4 is 0 Å². The highest BCUT2D eigenvalue weighted by molar-refractivity contribution is 5.18. The maximum Gasteiger partial charge on any atom is 0.123 e. The van der Waals surface area contributed by atoms with Crippen molar-refractivity contribution in [3.63, 3.8) is 0 Å².